The van der Waals surface area contributed by atoms with Gasteiger partial charge < -0.3 is 4.74 Å². The fourth-order valence-corrected chi connectivity index (χ4v) is 1.95. The van der Waals surface area contributed by atoms with Crippen LogP contribution in [0, 0.1) is 5.82 Å². The molecule has 0 saturated carbocycles. The lowest BCUT2D eigenvalue weighted by molar-refractivity contribution is -0.141. The lowest BCUT2D eigenvalue weighted by Crippen LogP contribution is -2.15. The second-order valence-corrected chi connectivity index (χ2v) is 5.31. The number of rotatable bonds is 5. The molecule has 3 nitrogen and oxygen atoms in total. The largest absolute Gasteiger partial charge is 0.457 e. The van der Waals surface area contributed by atoms with Crippen LogP contribution in [0.2, 0.25) is 0 Å². The number of hydrogen-bond donors (Lipinski definition) is 0. The van der Waals surface area contributed by atoms with Gasteiger partial charge in [-0.3, -0.25) is 9.59 Å². The van der Waals surface area contributed by atoms with Crippen LogP contribution in [-0.2, 0) is 16.0 Å². The van der Waals surface area contributed by atoms with E-state index in [0.717, 1.165) is 10.0 Å². The van der Waals surface area contributed by atoms with Crippen LogP contribution in [-0.4, -0.2) is 18.4 Å². The van der Waals surface area contributed by atoms with Crippen molar-refractivity contribution >= 4 is 27.7 Å². The summed E-state index contributed by atoms with van der Waals surface area (Å²) >= 11 is 3.30. The highest BCUT2D eigenvalue weighted by molar-refractivity contribution is 9.10. The maximum Gasteiger partial charge on any atom is 0.310 e. The van der Waals surface area contributed by atoms with Gasteiger partial charge in [0.15, 0.2) is 12.4 Å². The second kappa shape index (κ2) is 7.13. The van der Waals surface area contributed by atoms with E-state index in [4.69, 9.17) is 4.74 Å². The zero-order valence-corrected chi connectivity index (χ0v) is 12.6. The normalized spacial score (nSPS) is 10.2. The van der Waals surface area contributed by atoms with E-state index >= 15 is 0 Å². The van der Waals surface area contributed by atoms with Crippen molar-refractivity contribution in [3.63, 3.8) is 0 Å². The van der Waals surface area contributed by atoms with Crippen molar-refractivity contribution in [1.29, 1.82) is 0 Å². The van der Waals surface area contributed by atoms with Crippen LogP contribution in [0.5, 0.6) is 0 Å². The lowest BCUT2D eigenvalue weighted by Gasteiger charge is -2.05. The van der Waals surface area contributed by atoms with Gasteiger partial charge in [0.25, 0.3) is 0 Å². The number of carbonyl (C=O) groups excluding carboxylic acids is 2. The maximum absolute atomic E-state index is 12.7. The lowest BCUT2D eigenvalue weighted by atomic mass is 10.1. The van der Waals surface area contributed by atoms with Crippen LogP contribution in [0.1, 0.15) is 15.9 Å². The Morgan fingerprint density at radius 1 is 1.00 bits per heavy atom. The van der Waals surface area contributed by atoms with Gasteiger partial charge in [-0.25, -0.2) is 4.39 Å². The minimum atomic E-state index is -0.479. The number of carbonyl (C=O) groups is 2. The van der Waals surface area contributed by atoms with Gasteiger partial charge in [-0.2, -0.15) is 0 Å². The number of Topliss-reactive ketones (excluding diaryl/α,β-unsaturated/α-hetero) is 1. The summed E-state index contributed by atoms with van der Waals surface area (Å²) in [6.45, 7) is -0.346. The van der Waals surface area contributed by atoms with Crippen LogP contribution >= 0.6 is 15.9 Å². The van der Waals surface area contributed by atoms with E-state index in [0.29, 0.717) is 5.56 Å². The van der Waals surface area contributed by atoms with Crippen molar-refractivity contribution < 1.29 is 18.7 Å². The van der Waals surface area contributed by atoms with E-state index in [9.17, 15) is 14.0 Å². The summed E-state index contributed by atoms with van der Waals surface area (Å²) < 4.78 is 18.6. The summed E-state index contributed by atoms with van der Waals surface area (Å²) in [4.78, 5) is 23.4. The Morgan fingerprint density at radius 2 is 1.62 bits per heavy atom. The van der Waals surface area contributed by atoms with Gasteiger partial charge in [-0.15, -0.1) is 0 Å². The summed E-state index contributed by atoms with van der Waals surface area (Å²) in [5.41, 5.74) is 1.12. The summed E-state index contributed by atoms with van der Waals surface area (Å²) in [5.74, 6) is -1.26. The molecular weight excluding hydrogens is 339 g/mol. The molecule has 0 saturated heterocycles. The molecule has 0 aliphatic rings. The van der Waals surface area contributed by atoms with Crippen molar-refractivity contribution in [2.45, 2.75) is 6.42 Å². The molecule has 21 heavy (non-hydrogen) atoms. The van der Waals surface area contributed by atoms with Gasteiger partial charge in [0.1, 0.15) is 5.82 Å². The molecule has 5 heteroatoms. The van der Waals surface area contributed by atoms with E-state index in [1.165, 1.54) is 24.3 Å². The van der Waals surface area contributed by atoms with Gasteiger partial charge in [0.2, 0.25) is 0 Å². The van der Waals surface area contributed by atoms with Gasteiger partial charge in [-0.05, 0) is 42.0 Å². The van der Waals surface area contributed by atoms with E-state index in [1.807, 2.05) is 12.1 Å². The average molecular weight is 351 g/mol. The predicted octanol–water partition coefficient (Wildman–Crippen LogP) is 3.56. The SMILES string of the molecule is O=C(Cc1ccc(Br)cc1)OCC(=O)c1ccc(F)cc1. The average Bonchev–Trinajstić information content (AvgIpc) is 2.48. The van der Waals surface area contributed by atoms with Crippen molar-refractivity contribution in [3.8, 4) is 0 Å². The maximum atomic E-state index is 12.7. The number of halogens is 2. The third-order valence-corrected chi connectivity index (χ3v) is 3.32. The van der Waals surface area contributed by atoms with Gasteiger partial charge in [0, 0.05) is 10.0 Å². The highest BCUT2D eigenvalue weighted by atomic mass is 79.9. The van der Waals surface area contributed by atoms with Crippen molar-refractivity contribution in [3.05, 3.63) is 69.9 Å². The van der Waals surface area contributed by atoms with Crippen molar-refractivity contribution in [2.75, 3.05) is 6.61 Å². The minimum absolute atomic E-state index is 0.101. The molecule has 2 aromatic carbocycles. The Balaban J connectivity index is 1.84. The number of hydrogen-bond acceptors (Lipinski definition) is 3. The molecule has 0 amide bonds. The Kier molecular flexibility index (Phi) is 5.22. The van der Waals surface area contributed by atoms with Crippen molar-refractivity contribution in [1.82, 2.24) is 0 Å². The quantitative estimate of drug-likeness (QED) is 0.611. The predicted molar refractivity (Wildman–Crippen MR) is 79.5 cm³/mol. The molecule has 2 aromatic rings. The zero-order chi connectivity index (χ0) is 15.2. The van der Waals surface area contributed by atoms with Gasteiger partial charge >= 0.3 is 5.97 Å². The third kappa shape index (κ3) is 4.79. The van der Waals surface area contributed by atoms with Crippen LogP contribution in [0.4, 0.5) is 4.39 Å². The topological polar surface area (TPSA) is 43.4 Å². The number of ketones is 1. The molecule has 2 rings (SSSR count). The molecule has 0 spiro atoms. The Bertz CT molecular complexity index is 636. The van der Waals surface area contributed by atoms with E-state index < -0.39 is 11.8 Å². The summed E-state index contributed by atoms with van der Waals surface area (Å²) in [6.07, 6.45) is 0.101. The first-order chi connectivity index (χ1) is 10.0. The van der Waals surface area contributed by atoms with Crippen LogP contribution in [0.3, 0.4) is 0 Å². The van der Waals surface area contributed by atoms with Gasteiger partial charge in [0.05, 0.1) is 6.42 Å². The zero-order valence-electron chi connectivity index (χ0n) is 11.0. The van der Waals surface area contributed by atoms with E-state index in [2.05, 4.69) is 15.9 Å². The summed E-state index contributed by atoms with van der Waals surface area (Å²) in [5, 5.41) is 0. The monoisotopic (exact) mass is 350 g/mol. The van der Waals surface area contributed by atoms with Crippen LogP contribution in [0.25, 0.3) is 0 Å². The molecule has 0 N–H and O–H groups in total. The fourth-order valence-electron chi connectivity index (χ4n) is 1.69. The summed E-state index contributed by atoms with van der Waals surface area (Å²) in [6, 6.07) is 12.4. The highest BCUT2D eigenvalue weighted by Crippen LogP contribution is 2.11. The molecule has 0 fully saturated rings. The molecular formula is C16H12BrFO3. The van der Waals surface area contributed by atoms with E-state index in [-0.39, 0.29) is 18.8 Å². The van der Waals surface area contributed by atoms with Gasteiger partial charge in [-0.1, -0.05) is 28.1 Å². The first-order valence-electron chi connectivity index (χ1n) is 6.23. The molecule has 0 bridgehead atoms. The Labute approximate surface area is 129 Å². The number of esters is 1. The Hall–Kier alpha value is -2.01. The molecule has 108 valence electrons. The molecule has 0 heterocycles. The molecule has 0 aliphatic carbocycles. The smallest absolute Gasteiger partial charge is 0.310 e. The molecule has 0 atom stereocenters. The standard InChI is InChI=1S/C16H12BrFO3/c17-13-5-1-11(2-6-13)9-16(20)21-10-15(19)12-3-7-14(18)8-4-12/h1-8H,9-10H2. The molecule has 0 aromatic heterocycles. The third-order valence-electron chi connectivity index (χ3n) is 2.79. The fraction of sp³-hybridized carbons (Fsp3) is 0.125. The van der Waals surface area contributed by atoms with Crippen molar-refractivity contribution in [2.24, 2.45) is 0 Å². The first-order valence-corrected chi connectivity index (χ1v) is 7.03. The molecule has 0 unspecified atom stereocenters. The van der Waals surface area contributed by atoms with Crippen LogP contribution in [0.15, 0.2) is 53.0 Å². The van der Waals surface area contributed by atoms with Crippen LogP contribution < -0.4 is 0 Å². The second-order valence-electron chi connectivity index (χ2n) is 4.39. The Morgan fingerprint density at radius 3 is 2.24 bits per heavy atom. The highest BCUT2D eigenvalue weighted by Gasteiger charge is 2.10. The summed E-state index contributed by atoms with van der Waals surface area (Å²) in [7, 11) is 0. The minimum Gasteiger partial charge on any atom is -0.457 e. The molecule has 0 radical (unpaired) electrons. The van der Waals surface area contributed by atoms with E-state index in [1.54, 1.807) is 12.1 Å². The number of benzene rings is 2. The number of ether oxygens (including phenoxy) is 1. The first kappa shape index (κ1) is 15.4. The molecule has 0 aliphatic heterocycles.